The van der Waals surface area contributed by atoms with Crippen molar-refractivity contribution in [3.05, 3.63) is 0 Å². The Labute approximate surface area is 123 Å². The fourth-order valence-electron chi connectivity index (χ4n) is 4.33. The molecule has 2 heterocycles. The molecule has 3 atom stereocenters. The fraction of sp³-hybridized carbons (Fsp3) is 1.00. The molecule has 20 heavy (non-hydrogen) atoms. The second-order valence-corrected chi connectivity index (χ2v) is 8.02. The van der Waals surface area contributed by atoms with Crippen molar-refractivity contribution in [3.8, 4) is 0 Å². The highest BCUT2D eigenvalue weighted by Gasteiger charge is 2.53. The van der Waals surface area contributed by atoms with Gasteiger partial charge in [0.2, 0.25) is 0 Å². The van der Waals surface area contributed by atoms with Gasteiger partial charge in [-0.1, -0.05) is 0 Å². The topological polar surface area (TPSA) is 44.7 Å². The van der Waals surface area contributed by atoms with Gasteiger partial charge in [-0.05, 0) is 61.1 Å². The maximum absolute atomic E-state index is 10.3. The molecule has 4 heteroatoms. The van der Waals surface area contributed by atoms with Crippen molar-refractivity contribution < 1.29 is 9.84 Å². The van der Waals surface area contributed by atoms with Crippen LogP contribution in [0.25, 0.3) is 0 Å². The average Bonchev–Trinajstić information content (AvgIpc) is 2.42. The third-order valence-electron chi connectivity index (χ3n) is 5.09. The molecule has 2 rings (SSSR count). The fourth-order valence-corrected chi connectivity index (χ4v) is 4.33. The first-order chi connectivity index (χ1) is 9.07. The lowest BCUT2D eigenvalue weighted by Crippen LogP contribution is -2.53. The summed E-state index contributed by atoms with van der Waals surface area (Å²) in [5.41, 5.74) is -0.825. The van der Waals surface area contributed by atoms with Crippen LogP contribution in [0.3, 0.4) is 0 Å². The lowest BCUT2D eigenvalue weighted by atomic mass is 9.81. The van der Waals surface area contributed by atoms with Crippen LogP contribution in [0.5, 0.6) is 0 Å². The van der Waals surface area contributed by atoms with Crippen LogP contribution in [-0.4, -0.2) is 59.5 Å². The molecule has 2 N–H and O–H groups in total. The first-order valence-corrected chi connectivity index (χ1v) is 7.90. The van der Waals surface area contributed by atoms with E-state index >= 15 is 0 Å². The number of hydrogen-bond donors (Lipinski definition) is 2. The van der Waals surface area contributed by atoms with Crippen LogP contribution in [0.4, 0.5) is 0 Å². The van der Waals surface area contributed by atoms with E-state index in [-0.39, 0.29) is 11.2 Å². The molecule has 3 unspecified atom stereocenters. The third kappa shape index (κ3) is 3.19. The number of piperidine rings is 1. The minimum atomic E-state index is -0.535. The van der Waals surface area contributed by atoms with Crippen LogP contribution in [0, 0.1) is 5.92 Å². The van der Waals surface area contributed by atoms with Crippen molar-refractivity contribution >= 4 is 0 Å². The number of aliphatic hydroxyl groups is 1. The summed E-state index contributed by atoms with van der Waals surface area (Å²) in [7, 11) is 2.02. The van der Waals surface area contributed by atoms with Gasteiger partial charge in [-0.3, -0.25) is 0 Å². The summed E-state index contributed by atoms with van der Waals surface area (Å²) < 4.78 is 6.29. The Bertz CT molecular complexity index is 352. The number of β-amino-alcohol motifs (C(OH)–C–C–N with tert-alkyl or cyclic N) is 1. The number of ether oxygens (including phenoxy) is 1. The van der Waals surface area contributed by atoms with Crippen molar-refractivity contribution in [1.82, 2.24) is 10.2 Å². The van der Waals surface area contributed by atoms with Gasteiger partial charge in [0, 0.05) is 25.0 Å². The summed E-state index contributed by atoms with van der Waals surface area (Å²) in [6.07, 6.45) is 1.99. The van der Waals surface area contributed by atoms with Gasteiger partial charge in [-0.25, -0.2) is 0 Å². The predicted octanol–water partition coefficient (Wildman–Crippen LogP) is 1.62. The second-order valence-electron chi connectivity index (χ2n) is 8.02. The molecular weight excluding hydrogens is 252 g/mol. The smallest absolute Gasteiger partial charge is 0.0790 e. The zero-order valence-electron chi connectivity index (χ0n) is 14.0. The number of nitrogens with one attached hydrogen (secondary N) is 1. The van der Waals surface area contributed by atoms with E-state index in [2.05, 4.69) is 37.9 Å². The molecule has 0 saturated carbocycles. The maximum Gasteiger partial charge on any atom is 0.0790 e. The Morgan fingerprint density at radius 1 is 1.20 bits per heavy atom. The molecule has 2 aliphatic heterocycles. The van der Waals surface area contributed by atoms with Crippen molar-refractivity contribution in [3.63, 3.8) is 0 Å². The lowest BCUT2D eigenvalue weighted by Gasteiger charge is -2.40. The zero-order valence-corrected chi connectivity index (χ0v) is 14.0. The van der Waals surface area contributed by atoms with Gasteiger partial charge in [0.05, 0.1) is 16.8 Å². The molecule has 0 radical (unpaired) electrons. The molecule has 0 aromatic heterocycles. The Hall–Kier alpha value is -0.160. The van der Waals surface area contributed by atoms with Crippen LogP contribution in [0.2, 0.25) is 0 Å². The van der Waals surface area contributed by atoms with E-state index in [1.165, 1.54) is 0 Å². The molecule has 2 fully saturated rings. The van der Waals surface area contributed by atoms with Crippen molar-refractivity contribution in [1.29, 1.82) is 0 Å². The van der Waals surface area contributed by atoms with Crippen molar-refractivity contribution in [2.45, 2.75) is 70.3 Å². The Morgan fingerprint density at radius 3 is 2.40 bits per heavy atom. The normalized spacial score (nSPS) is 41.0. The lowest BCUT2D eigenvalue weighted by molar-refractivity contribution is -0.0829. The SMILES string of the molecule is CNC1C(CN2CCCC(C)(O)C2)C(C)(C)OC1(C)C. The minimum Gasteiger partial charge on any atom is -0.389 e. The van der Waals surface area contributed by atoms with E-state index in [4.69, 9.17) is 4.74 Å². The monoisotopic (exact) mass is 284 g/mol. The summed E-state index contributed by atoms with van der Waals surface area (Å²) in [5.74, 6) is 0.427. The molecule has 2 saturated heterocycles. The Balaban J connectivity index is 2.10. The van der Waals surface area contributed by atoms with Crippen LogP contribution < -0.4 is 5.32 Å². The standard InChI is InChI=1S/C16H32N2O2/c1-14(2)12(13(17-6)15(3,4)20-14)10-18-9-7-8-16(5,19)11-18/h12-13,17,19H,7-11H2,1-6H3. The van der Waals surface area contributed by atoms with Crippen molar-refractivity contribution in [2.75, 3.05) is 26.7 Å². The van der Waals surface area contributed by atoms with Gasteiger partial charge < -0.3 is 20.1 Å². The number of rotatable bonds is 3. The first-order valence-electron chi connectivity index (χ1n) is 7.90. The summed E-state index contributed by atoms with van der Waals surface area (Å²) in [6, 6.07) is 0.337. The molecule has 0 spiro atoms. The predicted molar refractivity (Wildman–Crippen MR) is 81.9 cm³/mol. The summed E-state index contributed by atoms with van der Waals surface area (Å²) in [6.45, 7) is 13.5. The molecule has 0 bridgehead atoms. The Kier molecular flexibility index (Phi) is 4.25. The van der Waals surface area contributed by atoms with Crippen LogP contribution >= 0.6 is 0 Å². The molecule has 118 valence electrons. The van der Waals surface area contributed by atoms with Gasteiger partial charge in [0.25, 0.3) is 0 Å². The molecule has 4 nitrogen and oxygen atoms in total. The van der Waals surface area contributed by atoms with E-state index < -0.39 is 5.60 Å². The van der Waals surface area contributed by atoms with Gasteiger partial charge in [0.1, 0.15) is 0 Å². The maximum atomic E-state index is 10.3. The third-order valence-corrected chi connectivity index (χ3v) is 5.09. The van der Waals surface area contributed by atoms with E-state index in [1.807, 2.05) is 14.0 Å². The summed E-state index contributed by atoms with van der Waals surface area (Å²) >= 11 is 0. The van der Waals surface area contributed by atoms with Gasteiger partial charge in [0.15, 0.2) is 0 Å². The number of likely N-dealkylation sites (N-methyl/N-ethyl adjacent to an activating group) is 1. The molecule has 2 aliphatic rings. The van der Waals surface area contributed by atoms with Gasteiger partial charge >= 0.3 is 0 Å². The highest BCUT2D eigenvalue weighted by atomic mass is 16.5. The molecule has 0 aliphatic carbocycles. The quantitative estimate of drug-likeness (QED) is 0.827. The Morgan fingerprint density at radius 2 is 1.85 bits per heavy atom. The largest absolute Gasteiger partial charge is 0.389 e. The van der Waals surface area contributed by atoms with E-state index in [0.717, 1.165) is 32.5 Å². The minimum absolute atomic E-state index is 0.138. The number of nitrogens with zero attached hydrogens (tertiary/aromatic N) is 1. The van der Waals surface area contributed by atoms with E-state index in [9.17, 15) is 5.11 Å². The number of likely N-dealkylation sites (tertiary alicyclic amines) is 1. The van der Waals surface area contributed by atoms with Gasteiger partial charge in [-0.15, -0.1) is 0 Å². The van der Waals surface area contributed by atoms with Crippen molar-refractivity contribution in [2.24, 2.45) is 5.92 Å². The second kappa shape index (κ2) is 5.24. The first kappa shape index (κ1) is 16.2. The average molecular weight is 284 g/mol. The van der Waals surface area contributed by atoms with E-state index in [1.54, 1.807) is 0 Å². The molecule has 0 aromatic rings. The molecular formula is C16H32N2O2. The van der Waals surface area contributed by atoms with Crippen LogP contribution in [-0.2, 0) is 4.74 Å². The van der Waals surface area contributed by atoms with Crippen LogP contribution in [0.15, 0.2) is 0 Å². The van der Waals surface area contributed by atoms with Gasteiger partial charge in [-0.2, -0.15) is 0 Å². The summed E-state index contributed by atoms with van der Waals surface area (Å²) in [4.78, 5) is 2.41. The zero-order chi connectivity index (χ0) is 15.2. The highest BCUT2D eigenvalue weighted by Crippen LogP contribution is 2.42. The number of hydrogen-bond acceptors (Lipinski definition) is 4. The summed E-state index contributed by atoms with van der Waals surface area (Å²) in [5, 5.41) is 13.7. The molecule has 0 aromatic carbocycles. The van der Waals surface area contributed by atoms with E-state index in [0.29, 0.717) is 12.0 Å². The van der Waals surface area contributed by atoms with Crippen LogP contribution in [0.1, 0.15) is 47.5 Å². The molecule has 0 amide bonds. The highest BCUT2D eigenvalue weighted by molar-refractivity contribution is 5.06.